The Morgan fingerprint density at radius 1 is 1.29 bits per heavy atom. The lowest BCUT2D eigenvalue weighted by molar-refractivity contribution is -0.147. The van der Waals surface area contributed by atoms with E-state index in [1.807, 2.05) is 13.8 Å². The van der Waals surface area contributed by atoms with Gasteiger partial charge in [0, 0.05) is 19.1 Å². The van der Waals surface area contributed by atoms with Gasteiger partial charge in [-0.3, -0.25) is 0 Å². The molecule has 0 bridgehead atoms. The van der Waals surface area contributed by atoms with Crippen LogP contribution in [0.2, 0.25) is 0 Å². The first-order chi connectivity index (χ1) is 11.2. The predicted octanol–water partition coefficient (Wildman–Crippen LogP) is 1.78. The largest absolute Gasteiger partial charge is 0.451 e. The second-order valence-corrected chi connectivity index (χ2v) is 6.44. The number of nitrogens with zero attached hydrogens (tertiary/aromatic N) is 4. The van der Waals surface area contributed by atoms with Gasteiger partial charge in [-0.2, -0.15) is 13.2 Å². The highest BCUT2D eigenvalue weighted by Crippen LogP contribution is 2.29. The molecular formula is C14H20F3N5O2. The molecule has 0 radical (unpaired) electrons. The lowest BCUT2D eigenvalue weighted by Crippen LogP contribution is -2.53. The fraction of sp³-hybridized carbons (Fsp3) is 0.786. The Morgan fingerprint density at radius 3 is 2.62 bits per heavy atom. The summed E-state index contributed by atoms with van der Waals surface area (Å²) in [4.78, 5) is 13.7. The van der Waals surface area contributed by atoms with Crippen molar-refractivity contribution >= 4 is 6.03 Å². The van der Waals surface area contributed by atoms with Crippen LogP contribution >= 0.6 is 0 Å². The molecule has 2 amide bonds. The summed E-state index contributed by atoms with van der Waals surface area (Å²) in [6, 6.07) is -0.238. The summed E-state index contributed by atoms with van der Waals surface area (Å²) in [6.45, 7) is 4.18. The number of fused-ring (bicyclic) bond motifs is 1. The van der Waals surface area contributed by atoms with Crippen LogP contribution in [0.25, 0.3) is 0 Å². The Morgan fingerprint density at radius 2 is 2.00 bits per heavy atom. The zero-order valence-electron chi connectivity index (χ0n) is 13.5. The third-order valence-corrected chi connectivity index (χ3v) is 4.18. The minimum atomic E-state index is -4.53. The van der Waals surface area contributed by atoms with Crippen molar-refractivity contribution in [1.29, 1.82) is 0 Å². The maximum absolute atomic E-state index is 12.8. The molecule has 1 aromatic heterocycles. The third-order valence-electron chi connectivity index (χ3n) is 4.18. The first-order valence-corrected chi connectivity index (χ1v) is 7.94. The quantitative estimate of drug-likeness (QED) is 0.905. The molecule has 1 aliphatic heterocycles. The van der Waals surface area contributed by atoms with Gasteiger partial charge in [0.15, 0.2) is 5.82 Å². The lowest BCUT2D eigenvalue weighted by Gasteiger charge is -2.38. The van der Waals surface area contributed by atoms with E-state index in [9.17, 15) is 18.0 Å². The van der Waals surface area contributed by atoms with Crippen LogP contribution in [-0.2, 0) is 24.0 Å². The summed E-state index contributed by atoms with van der Waals surface area (Å²) in [5.41, 5.74) is 0. The molecule has 7 nitrogen and oxygen atoms in total. The van der Waals surface area contributed by atoms with Gasteiger partial charge >= 0.3 is 12.2 Å². The molecule has 1 N–H and O–H groups in total. The van der Waals surface area contributed by atoms with Crippen molar-refractivity contribution in [2.45, 2.75) is 64.2 Å². The zero-order chi connectivity index (χ0) is 17.5. The molecule has 10 heteroatoms. The highest BCUT2D eigenvalue weighted by molar-refractivity contribution is 5.74. The van der Waals surface area contributed by atoms with E-state index in [0.29, 0.717) is 0 Å². The highest BCUT2D eigenvalue weighted by Gasteiger charge is 2.40. The van der Waals surface area contributed by atoms with Crippen molar-refractivity contribution in [3.05, 3.63) is 11.6 Å². The molecule has 0 unspecified atom stereocenters. The van der Waals surface area contributed by atoms with Crippen LogP contribution in [0, 0.1) is 0 Å². The Balaban J connectivity index is 1.53. The van der Waals surface area contributed by atoms with Gasteiger partial charge in [0.05, 0.1) is 18.8 Å². The second-order valence-electron chi connectivity index (χ2n) is 6.44. The van der Waals surface area contributed by atoms with Gasteiger partial charge in [-0.15, -0.1) is 10.2 Å². The first kappa shape index (κ1) is 17.0. The summed E-state index contributed by atoms with van der Waals surface area (Å²) < 4.78 is 45.0. The number of carbonyl (C=O) groups is 1. The van der Waals surface area contributed by atoms with Crippen molar-refractivity contribution in [3.8, 4) is 0 Å². The number of rotatable bonds is 3. The van der Waals surface area contributed by atoms with Crippen LogP contribution in [-0.4, -0.2) is 50.5 Å². The molecule has 0 atom stereocenters. The zero-order valence-corrected chi connectivity index (χ0v) is 13.5. The van der Waals surface area contributed by atoms with E-state index in [1.54, 1.807) is 0 Å². The molecule has 1 aliphatic carbocycles. The van der Waals surface area contributed by atoms with Crippen LogP contribution < -0.4 is 5.32 Å². The van der Waals surface area contributed by atoms with E-state index in [-0.39, 0.29) is 49.7 Å². The van der Waals surface area contributed by atoms with Crippen LogP contribution in [0.1, 0.15) is 38.3 Å². The molecule has 0 aromatic carbocycles. The smallest absolute Gasteiger partial charge is 0.375 e. The topological polar surface area (TPSA) is 72.3 Å². The molecular weight excluding hydrogens is 327 g/mol. The summed E-state index contributed by atoms with van der Waals surface area (Å²) in [6.07, 6.45) is -2.71. The number of carbonyl (C=O) groups excluding carboxylic acids is 1. The number of aromatic nitrogens is 3. The molecule has 1 saturated carbocycles. The summed E-state index contributed by atoms with van der Waals surface area (Å²) in [7, 11) is 0. The van der Waals surface area contributed by atoms with E-state index in [0.717, 1.165) is 17.4 Å². The van der Waals surface area contributed by atoms with Crippen LogP contribution in [0.4, 0.5) is 18.0 Å². The van der Waals surface area contributed by atoms with Crippen LogP contribution in [0.15, 0.2) is 0 Å². The maximum atomic E-state index is 12.8. The second kappa shape index (κ2) is 6.23. The molecule has 3 rings (SSSR count). The van der Waals surface area contributed by atoms with E-state index >= 15 is 0 Å². The highest BCUT2D eigenvalue weighted by atomic mass is 19.4. The Hall–Kier alpha value is -1.84. The molecule has 2 aliphatic rings. The molecule has 1 fully saturated rings. The first-order valence-electron chi connectivity index (χ1n) is 7.94. The minimum Gasteiger partial charge on any atom is -0.375 e. The fourth-order valence-corrected chi connectivity index (χ4v) is 2.99. The monoisotopic (exact) mass is 347 g/mol. The van der Waals surface area contributed by atoms with Gasteiger partial charge in [0.25, 0.3) is 0 Å². The number of alkyl halides is 3. The number of nitrogens with one attached hydrogen (secondary N) is 1. The van der Waals surface area contributed by atoms with Gasteiger partial charge in [-0.1, -0.05) is 0 Å². The van der Waals surface area contributed by atoms with E-state index in [1.165, 1.54) is 4.90 Å². The van der Waals surface area contributed by atoms with E-state index in [2.05, 4.69) is 15.5 Å². The number of hydrogen-bond donors (Lipinski definition) is 1. The predicted molar refractivity (Wildman–Crippen MR) is 77.0 cm³/mol. The molecule has 134 valence electrons. The van der Waals surface area contributed by atoms with Gasteiger partial charge < -0.3 is 19.5 Å². The summed E-state index contributed by atoms with van der Waals surface area (Å²) >= 11 is 0. The van der Waals surface area contributed by atoms with Gasteiger partial charge in [-0.25, -0.2) is 4.79 Å². The normalized spacial score (nSPS) is 23.8. The Kier molecular flexibility index (Phi) is 4.41. The Bertz CT molecular complexity index is 610. The summed E-state index contributed by atoms with van der Waals surface area (Å²) in [5, 5.41) is 9.65. The van der Waals surface area contributed by atoms with Crippen molar-refractivity contribution in [3.63, 3.8) is 0 Å². The van der Waals surface area contributed by atoms with Gasteiger partial charge in [0.1, 0.15) is 0 Å². The SMILES string of the molecule is CC(C)OC1CC(NC(=O)N2CCn3c(nnc3C(F)(F)F)C2)C1. The van der Waals surface area contributed by atoms with Gasteiger partial charge in [-0.05, 0) is 26.7 Å². The fourth-order valence-electron chi connectivity index (χ4n) is 2.99. The third kappa shape index (κ3) is 3.47. The summed E-state index contributed by atoms with van der Waals surface area (Å²) in [5.74, 6) is -0.858. The number of urea groups is 1. The maximum Gasteiger partial charge on any atom is 0.451 e. The van der Waals surface area contributed by atoms with Crippen molar-refractivity contribution in [2.75, 3.05) is 6.54 Å². The number of hydrogen-bond acceptors (Lipinski definition) is 4. The van der Waals surface area contributed by atoms with Crippen LogP contribution in [0.5, 0.6) is 0 Å². The van der Waals surface area contributed by atoms with E-state index in [4.69, 9.17) is 4.74 Å². The van der Waals surface area contributed by atoms with Gasteiger partial charge in [0.2, 0.25) is 5.82 Å². The average Bonchev–Trinajstić information content (AvgIpc) is 2.87. The van der Waals surface area contributed by atoms with Crippen molar-refractivity contribution in [2.24, 2.45) is 0 Å². The standard InChI is InChI=1S/C14H20F3N5O2/c1-8(2)24-10-5-9(6-10)18-13(23)21-3-4-22-11(7-21)19-20-12(22)14(15,16)17/h8-10H,3-7H2,1-2H3,(H,18,23). The molecule has 2 heterocycles. The number of amides is 2. The minimum absolute atomic E-state index is 0.0214. The Labute approximate surface area is 137 Å². The lowest BCUT2D eigenvalue weighted by atomic mass is 9.89. The molecule has 0 spiro atoms. The van der Waals surface area contributed by atoms with Crippen molar-refractivity contribution < 1.29 is 22.7 Å². The number of ether oxygens (including phenoxy) is 1. The molecule has 24 heavy (non-hydrogen) atoms. The average molecular weight is 347 g/mol. The molecule has 0 saturated heterocycles. The van der Waals surface area contributed by atoms with Crippen LogP contribution in [0.3, 0.4) is 0 Å². The number of halogens is 3. The molecule has 1 aromatic rings. The van der Waals surface area contributed by atoms with Crippen molar-refractivity contribution in [1.82, 2.24) is 25.0 Å². The van der Waals surface area contributed by atoms with E-state index < -0.39 is 12.0 Å².